The average molecular weight is 386 g/mol. The van der Waals surface area contributed by atoms with E-state index in [2.05, 4.69) is 10.9 Å². The fourth-order valence-electron chi connectivity index (χ4n) is 2.61. The fraction of sp³-hybridized carbons (Fsp3) is 0.300. The maximum atomic E-state index is 12.4. The van der Waals surface area contributed by atoms with E-state index in [1.165, 1.54) is 0 Å². The Kier molecular flexibility index (Phi) is 6.21. The molecule has 8 heteroatoms. The average Bonchev–Trinajstić information content (AvgIpc) is 2.73. The molecule has 0 saturated carbocycles. The number of fused-ring (bicyclic) bond motifs is 1. The molecule has 1 aliphatic heterocycles. The first-order valence-corrected chi connectivity index (χ1v) is 9.00. The summed E-state index contributed by atoms with van der Waals surface area (Å²) in [6, 6.07) is 11.9. The van der Waals surface area contributed by atoms with Gasteiger partial charge in [-0.1, -0.05) is 12.1 Å². The summed E-state index contributed by atoms with van der Waals surface area (Å²) < 4.78 is 22.1. The molecule has 3 rings (SSSR count). The molecule has 1 unspecified atom stereocenters. The van der Waals surface area contributed by atoms with E-state index in [9.17, 15) is 9.59 Å². The van der Waals surface area contributed by atoms with Gasteiger partial charge in [-0.25, -0.2) is 0 Å². The van der Waals surface area contributed by atoms with Crippen molar-refractivity contribution in [1.29, 1.82) is 0 Å². The molecule has 0 radical (unpaired) electrons. The summed E-state index contributed by atoms with van der Waals surface area (Å²) in [5, 5.41) is 0. The van der Waals surface area contributed by atoms with Crippen molar-refractivity contribution in [2.45, 2.75) is 20.0 Å². The number of nitrogens with one attached hydrogen (secondary N) is 2. The van der Waals surface area contributed by atoms with Gasteiger partial charge in [0.05, 0.1) is 13.2 Å². The molecule has 8 nitrogen and oxygen atoms in total. The highest BCUT2D eigenvalue weighted by molar-refractivity contribution is 5.96. The zero-order chi connectivity index (χ0) is 19.9. The van der Waals surface area contributed by atoms with Crippen LogP contribution < -0.4 is 29.8 Å². The van der Waals surface area contributed by atoms with Crippen molar-refractivity contribution in [2.24, 2.45) is 0 Å². The number of amides is 2. The molecule has 2 aromatic rings. The molecule has 2 N–H and O–H groups in total. The molecule has 1 atom stereocenters. The van der Waals surface area contributed by atoms with Gasteiger partial charge < -0.3 is 18.9 Å². The van der Waals surface area contributed by atoms with E-state index in [1.807, 2.05) is 19.9 Å². The molecule has 1 heterocycles. The Hall–Kier alpha value is -3.42. The summed E-state index contributed by atoms with van der Waals surface area (Å²) in [6.45, 7) is 4.67. The number of hydrazine groups is 1. The highest BCUT2D eigenvalue weighted by atomic mass is 16.6. The lowest BCUT2D eigenvalue weighted by atomic mass is 10.2. The number of rotatable bonds is 6. The van der Waals surface area contributed by atoms with Crippen molar-refractivity contribution in [3.8, 4) is 23.0 Å². The molecule has 0 spiro atoms. The number of para-hydroxylation sites is 2. The molecule has 0 saturated heterocycles. The molecule has 0 aliphatic carbocycles. The lowest BCUT2D eigenvalue weighted by Gasteiger charge is -2.25. The minimum absolute atomic E-state index is 0.0518. The number of benzene rings is 2. The lowest BCUT2D eigenvalue weighted by molar-refractivity contribution is -0.131. The molecule has 1 aliphatic rings. The van der Waals surface area contributed by atoms with Crippen LogP contribution in [-0.4, -0.2) is 37.7 Å². The monoisotopic (exact) mass is 386 g/mol. The topological polar surface area (TPSA) is 95.1 Å². The van der Waals surface area contributed by atoms with Gasteiger partial charge in [-0.2, -0.15) is 0 Å². The first-order valence-electron chi connectivity index (χ1n) is 9.00. The van der Waals surface area contributed by atoms with Gasteiger partial charge in [-0.05, 0) is 44.2 Å². The quantitative estimate of drug-likeness (QED) is 0.738. The predicted molar refractivity (Wildman–Crippen MR) is 101 cm³/mol. The van der Waals surface area contributed by atoms with Crippen LogP contribution in [0, 0.1) is 0 Å². The van der Waals surface area contributed by atoms with Crippen LogP contribution >= 0.6 is 0 Å². The van der Waals surface area contributed by atoms with Crippen LogP contribution in [0.4, 0.5) is 0 Å². The van der Waals surface area contributed by atoms with Gasteiger partial charge in [0.15, 0.2) is 23.0 Å². The van der Waals surface area contributed by atoms with Crippen LogP contribution in [0.2, 0.25) is 0 Å². The number of hydrogen-bond donors (Lipinski definition) is 2. The van der Waals surface area contributed by atoms with Crippen molar-refractivity contribution < 1.29 is 28.5 Å². The number of carbonyl (C=O) groups excluding carboxylic acids is 2. The van der Waals surface area contributed by atoms with Crippen molar-refractivity contribution in [1.82, 2.24) is 10.9 Å². The van der Waals surface area contributed by atoms with Gasteiger partial charge in [0.2, 0.25) is 6.10 Å². The Morgan fingerprint density at radius 3 is 2.46 bits per heavy atom. The Bertz CT molecular complexity index is 854. The Morgan fingerprint density at radius 1 is 1.00 bits per heavy atom. The van der Waals surface area contributed by atoms with Gasteiger partial charge in [0.1, 0.15) is 6.61 Å². The first-order chi connectivity index (χ1) is 13.6. The second-order valence-electron chi connectivity index (χ2n) is 5.84. The number of carbonyl (C=O) groups is 2. The van der Waals surface area contributed by atoms with Crippen molar-refractivity contribution in [3.63, 3.8) is 0 Å². The summed E-state index contributed by atoms with van der Waals surface area (Å²) in [6.07, 6.45) is -0.866. The number of hydrogen-bond acceptors (Lipinski definition) is 6. The zero-order valence-corrected chi connectivity index (χ0v) is 15.7. The zero-order valence-electron chi connectivity index (χ0n) is 15.7. The highest BCUT2D eigenvalue weighted by Crippen LogP contribution is 2.31. The Morgan fingerprint density at radius 2 is 1.71 bits per heavy atom. The van der Waals surface area contributed by atoms with E-state index in [-0.39, 0.29) is 6.61 Å². The normalized spacial score (nSPS) is 14.7. The van der Waals surface area contributed by atoms with Crippen LogP contribution in [0.1, 0.15) is 24.2 Å². The largest absolute Gasteiger partial charge is 0.490 e. The first kappa shape index (κ1) is 19.3. The second-order valence-corrected chi connectivity index (χ2v) is 5.84. The van der Waals surface area contributed by atoms with Crippen molar-refractivity contribution >= 4 is 11.8 Å². The fourth-order valence-corrected chi connectivity index (χ4v) is 2.61. The van der Waals surface area contributed by atoms with Crippen LogP contribution in [0.3, 0.4) is 0 Å². The third kappa shape index (κ3) is 4.46. The van der Waals surface area contributed by atoms with E-state index in [0.717, 1.165) is 0 Å². The third-order valence-electron chi connectivity index (χ3n) is 3.91. The lowest BCUT2D eigenvalue weighted by Crippen LogP contribution is -2.50. The molecule has 28 heavy (non-hydrogen) atoms. The van der Waals surface area contributed by atoms with E-state index in [4.69, 9.17) is 18.9 Å². The minimum Gasteiger partial charge on any atom is -0.490 e. The summed E-state index contributed by atoms with van der Waals surface area (Å²) in [5.74, 6) is 1.06. The van der Waals surface area contributed by atoms with Gasteiger partial charge >= 0.3 is 0 Å². The van der Waals surface area contributed by atoms with Crippen molar-refractivity contribution in [2.75, 3.05) is 19.8 Å². The molecule has 2 amide bonds. The molecule has 148 valence electrons. The predicted octanol–water partition coefficient (Wildman–Crippen LogP) is 2.08. The Balaban J connectivity index is 1.59. The summed E-state index contributed by atoms with van der Waals surface area (Å²) >= 11 is 0. The van der Waals surface area contributed by atoms with E-state index >= 15 is 0 Å². The van der Waals surface area contributed by atoms with Crippen LogP contribution in [0.5, 0.6) is 23.0 Å². The van der Waals surface area contributed by atoms with E-state index in [1.54, 1.807) is 36.4 Å². The Labute approximate surface area is 162 Å². The standard InChI is InChI=1S/C20H22N2O6/c1-3-25-15-10-9-13(11-17(15)26-4-2)19(23)21-22-20(24)18-12-27-14-7-5-6-8-16(14)28-18/h5-11,18H,3-4,12H2,1-2H3,(H,21,23)(H,22,24). The summed E-state index contributed by atoms with van der Waals surface area (Å²) in [7, 11) is 0. The van der Waals surface area contributed by atoms with Crippen LogP contribution in [0.15, 0.2) is 42.5 Å². The molecular formula is C20H22N2O6. The summed E-state index contributed by atoms with van der Waals surface area (Å²) in [5.41, 5.74) is 5.05. The van der Waals surface area contributed by atoms with Gasteiger partial charge in [-0.3, -0.25) is 20.4 Å². The van der Waals surface area contributed by atoms with Gasteiger partial charge in [-0.15, -0.1) is 0 Å². The number of ether oxygens (including phenoxy) is 4. The second kappa shape index (κ2) is 8.98. The molecular weight excluding hydrogens is 364 g/mol. The third-order valence-corrected chi connectivity index (χ3v) is 3.91. The molecule has 0 fully saturated rings. The van der Waals surface area contributed by atoms with E-state index in [0.29, 0.717) is 41.8 Å². The minimum atomic E-state index is -0.866. The summed E-state index contributed by atoms with van der Waals surface area (Å²) in [4.78, 5) is 24.6. The van der Waals surface area contributed by atoms with Gasteiger partial charge in [0, 0.05) is 5.56 Å². The smallest absolute Gasteiger partial charge is 0.283 e. The highest BCUT2D eigenvalue weighted by Gasteiger charge is 2.27. The van der Waals surface area contributed by atoms with E-state index < -0.39 is 17.9 Å². The SMILES string of the molecule is CCOc1ccc(C(=O)NNC(=O)C2COc3ccccc3O2)cc1OCC. The molecule has 0 bridgehead atoms. The van der Waals surface area contributed by atoms with Crippen LogP contribution in [0.25, 0.3) is 0 Å². The van der Waals surface area contributed by atoms with Crippen molar-refractivity contribution in [3.05, 3.63) is 48.0 Å². The molecule has 0 aromatic heterocycles. The van der Waals surface area contributed by atoms with Gasteiger partial charge in [0.25, 0.3) is 11.8 Å². The molecule has 2 aromatic carbocycles. The maximum Gasteiger partial charge on any atom is 0.283 e. The maximum absolute atomic E-state index is 12.4. The van der Waals surface area contributed by atoms with Crippen LogP contribution in [-0.2, 0) is 4.79 Å².